The third-order valence-electron chi connectivity index (χ3n) is 4.45. The van der Waals surface area contributed by atoms with E-state index in [4.69, 9.17) is 4.74 Å². The van der Waals surface area contributed by atoms with Crippen LogP contribution in [0.15, 0.2) is 30.6 Å². The highest BCUT2D eigenvalue weighted by Crippen LogP contribution is 2.27. The minimum Gasteiger partial charge on any atom is -0.493 e. The molecule has 1 aromatic carbocycles. The van der Waals surface area contributed by atoms with Crippen molar-refractivity contribution >= 4 is 12.0 Å². The molecule has 1 amide bonds. The standard InChI is InChI=1S/C17H18N4O2/c22-16(21-7-5-14(10-21)17-18-11-19-20-17)4-2-12-1-3-15-13(9-12)6-8-23-15/h1-4,9,11,14H,5-8,10H2,(H,18,19,20). The first-order chi connectivity index (χ1) is 11.3. The van der Waals surface area contributed by atoms with Gasteiger partial charge in [0.05, 0.1) is 6.61 Å². The first kappa shape index (κ1) is 14.0. The van der Waals surface area contributed by atoms with E-state index in [1.165, 1.54) is 11.9 Å². The van der Waals surface area contributed by atoms with E-state index in [-0.39, 0.29) is 11.8 Å². The van der Waals surface area contributed by atoms with Crippen LogP contribution < -0.4 is 4.74 Å². The lowest BCUT2D eigenvalue weighted by Gasteiger charge is -2.13. The number of hydrogen-bond donors (Lipinski definition) is 1. The summed E-state index contributed by atoms with van der Waals surface area (Å²) in [5.41, 5.74) is 2.25. The predicted molar refractivity (Wildman–Crippen MR) is 85.0 cm³/mol. The topological polar surface area (TPSA) is 71.1 Å². The highest BCUT2D eigenvalue weighted by Gasteiger charge is 2.27. The van der Waals surface area contributed by atoms with Crippen LogP contribution in [-0.4, -0.2) is 45.7 Å². The average molecular weight is 310 g/mol. The number of hydrogen-bond acceptors (Lipinski definition) is 4. The molecule has 0 spiro atoms. The summed E-state index contributed by atoms with van der Waals surface area (Å²) < 4.78 is 5.49. The fraction of sp³-hybridized carbons (Fsp3) is 0.353. The normalized spacial score (nSPS) is 20.0. The molecule has 6 nitrogen and oxygen atoms in total. The third kappa shape index (κ3) is 2.84. The van der Waals surface area contributed by atoms with Gasteiger partial charge in [-0.25, -0.2) is 4.98 Å². The molecule has 2 aromatic rings. The lowest BCUT2D eigenvalue weighted by atomic mass is 10.1. The Morgan fingerprint density at radius 2 is 2.39 bits per heavy atom. The molecular formula is C17H18N4O2. The molecule has 3 heterocycles. The van der Waals surface area contributed by atoms with Crippen LogP contribution in [0.25, 0.3) is 6.08 Å². The van der Waals surface area contributed by atoms with Crippen molar-refractivity contribution < 1.29 is 9.53 Å². The van der Waals surface area contributed by atoms with Crippen molar-refractivity contribution in [3.05, 3.63) is 47.6 Å². The Labute approximate surface area is 134 Å². The van der Waals surface area contributed by atoms with E-state index in [9.17, 15) is 4.79 Å². The smallest absolute Gasteiger partial charge is 0.246 e. The van der Waals surface area contributed by atoms with Gasteiger partial charge in [-0.05, 0) is 35.8 Å². The minimum absolute atomic E-state index is 0.0452. The molecule has 0 saturated carbocycles. The van der Waals surface area contributed by atoms with Crippen LogP contribution in [0.3, 0.4) is 0 Å². The predicted octanol–water partition coefficient (Wildman–Crippen LogP) is 1.77. The highest BCUT2D eigenvalue weighted by molar-refractivity contribution is 5.92. The highest BCUT2D eigenvalue weighted by atomic mass is 16.5. The zero-order valence-corrected chi connectivity index (χ0v) is 12.7. The van der Waals surface area contributed by atoms with Crippen LogP contribution in [0.4, 0.5) is 0 Å². The lowest BCUT2D eigenvalue weighted by Crippen LogP contribution is -2.26. The van der Waals surface area contributed by atoms with Crippen molar-refractivity contribution in [1.29, 1.82) is 0 Å². The molecule has 1 aromatic heterocycles. The summed E-state index contributed by atoms with van der Waals surface area (Å²) in [4.78, 5) is 18.4. The molecule has 1 saturated heterocycles. The number of aromatic amines is 1. The number of carbonyl (C=O) groups is 1. The molecule has 2 aliphatic heterocycles. The number of aromatic nitrogens is 3. The van der Waals surface area contributed by atoms with Crippen LogP contribution in [0.2, 0.25) is 0 Å². The number of amides is 1. The summed E-state index contributed by atoms with van der Waals surface area (Å²) in [6, 6.07) is 6.05. The molecular weight excluding hydrogens is 292 g/mol. The molecule has 1 fully saturated rings. The number of H-pyrrole nitrogens is 1. The number of benzene rings is 1. The molecule has 1 N–H and O–H groups in total. The fourth-order valence-electron chi connectivity index (χ4n) is 3.18. The number of likely N-dealkylation sites (tertiary alicyclic amines) is 1. The fourth-order valence-corrected chi connectivity index (χ4v) is 3.18. The Kier molecular flexibility index (Phi) is 3.57. The van der Waals surface area contributed by atoms with E-state index in [0.717, 1.165) is 43.1 Å². The van der Waals surface area contributed by atoms with Gasteiger partial charge in [-0.3, -0.25) is 9.89 Å². The molecule has 4 rings (SSSR count). The van der Waals surface area contributed by atoms with Gasteiger partial charge in [0.15, 0.2) is 0 Å². The van der Waals surface area contributed by atoms with Crippen LogP contribution in [0.1, 0.15) is 29.3 Å². The van der Waals surface area contributed by atoms with Crippen LogP contribution in [-0.2, 0) is 11.2 Å². The van der Waals surface area contributed by atoms with E-state index in [1.807, 2.05) is 23.1 Å². The number of ether oxygens (including phenoxy) is 1. The van der Waals surface area contributed by atoms with Gasteiger partial charge in [0.1, 0.15) is 17.9 Å². The number of nitrogens with zero attached hydrogens (tertiary/aromatic N) is 3. The maximum absolute atomic E-state index is 12.3. The molecule has 23 heavy (non-hydrogen) atoms. The summed E-state index contributed by atoms with van der Waals surface area (Å²) in [5.74, 6) is 2.13. The first-order valence-electron chi connectivity index (χ1n) is 7.87. The summed E-state index contributed by atoms with van der Waals surface area (Å²) in [7, 11) is 0. The number of fused-ring (bicyclic) bond motifs is 1. The quantitative estimate of drug-likeness (QED) is 0.877. The second-order valence-electron chi connectivity index (χ2n) is 5.94. The van der Waals surface area contributed by atoms with Crippen LogP contribution in [0, 0.1) is 0 Å². The van der Waals surface area contributed by atoms with Crippen molar-refractivity contribution in [2.75, 3.05) is 19.7 Å². The molecule has 6 heteroatoms. The summed E-state index contributed by atoms with van der Waals surface area (Å²) in [6.07, 6.45) is 6.90. The molecule has 0 radical (unpaired) electrons. The SMILES string of the molecule is O=C(C=Cc1ccc2c(c1)CCO2)N1CCC(c2ncn[nH]2)C1. The van der Waals surface area contributed by atoms with Crippen molar-refractivity contribution in [2.45, 2.75) is 18.8 Å². The average Bonchev–Trinajstić information content (AvgIpc) is 3.32. The monoisotopic (exact) mass is 310 g/mol. The second-order valence-corrected chi connectivity index (χ2v) is 5.94. The van der Waals surface area contributed by atoms with Gasteiger partial charge in [-0.1, -0.05) is 6.07 Å². The molecule has 0 aliphatic carbocycles. The second kappa shape index (κ2) is 5.87. The number of nitrogens with one attached hydrogen (secondary N) is 1. The zero-order valence-electron chi connectivity index (χ0n) is 12.7. The Bertz CT molecular complexity index is 739. The van der Waals surface area contributed by atoms with Crippen LogP contribution >= 0.6 is 0 Å². The first-order valence-corrected chi connectivity index (χ1v) is 7.87. The van der Waals surface area contributed by atoms with E-state index in [2.05, 4.69) is 21.2 Å². The molecule has 1 unspecified atom stereocenters. The van der Waals surface area contributed by atoms with Gasteiger partial charge in [0.25, 0.3) is 0 Å². The summed E-state index contributed by atoms with van der Waals surface area (Å²) >= 11 is 0. The van der Waals surface area contributed by atoms with Gasteiger partial charge in [0, 0.05) is 31.5 Å². The van der Waals surface area contributed by atoms with Crippen molar-refractivity contribution in [3.63, 3.8) is 0 Å². The Hall–Kier alpha value is -2.63. The number of rotatable bonds is 3. The summed E-state index contributed by atoms with van der Waals surface area (Å²) in [6.45, 7) is 2.20. The largest absolute Gasteiger partial charge is 0.493 e. The molecule has 1 atom stereocenters. The van der Waals surface area contributed by atoms with Crippen molar-refractivity contribution in [1.82, 2.24) is 20.1 Å². The van der Waals surface area contributed by atoms with Gasteiger partial charge < -0.3 is 9.64 Å². The zero-order chi connectivity index (χ0) is 15.6. The molecule has 0 bridgehead atoms. The van der Waals surface area contributed by atoms with Gasteiger partial charge in [0.2, 0.25) is 5.91 Å². The van der Waals surface area contributed by atoms with Gasteiger partial charge in [-0.15, -0.1) is 0 Å². The van der Waals surface area contributed by atoms with Crippen molar-refractivity contribution in [2.24, 2.45) is 0 Å². The minimum atomic E-state index is 0.0452. The van der Waals surface area contributed by atoms with Gasteiger partial charge >= 0.3 is 0 Å². The number of carbonyl (C=O) groups excluding carboxylic acids is 1. The maximum atomic E-state index is 12.3. The van der Waals surface area contributed by atoms with Gasteiger partial charge in [-0.2, -0.15) is 5.10 Å². The lowest BCUT2D eigenvalue weighted by molar-refractivity contribution is -0.124. The van der Waals surface area contributed by atoms with Crippen molar-refractivity contribution in [3.8, 4) is 5.75 Å². The van der Waals surface area contributed by atoms with E-state index >= 15 is 0 Å². The Balaban J connectivity index is 1.40. The third-order valence-corrected chi connectivity index (χ3v) is 4.45. The summed E-state index contributed by atoms with van der Waals surface area (Å²) in [5, 5.41) is 6.77. The van der Waals surface area contributed by atoms with E-state index in [0.29, 0.717) is 6.54 Å². The Morgan fingerprint density at radius 1 is 1.43 bits per heavy atom. The molecule has 118 valence electrons. The maximum Gasteiger partial charge on any atom is 0.246 e. The van der Waals surface area contributed by atoms with E-state index < -0.39 is 0 Å². The van der Waals surface area contributed by atoms with Crippen LogP contribution in [0.5, 0.6) is 5.75 Å². The molecule has 2 aliphatic rings. The Morgan fingerprint density at radius 3 is 3.26 bits per heavy atom. The van der Waals surface area contributed by atoms with E-state index in [1.54, 1.807) is 6.08 Å².